The van der Waals surface area contributed by atoms with Crippen LogP contribution in [0.2, 0.25) is 0 Å². The minimum absolute atomic E-state index is 0.332. The van der Waals surface area contributed by atoms with Crippen molar-refractivity contribution in [3.05, 3.63) is 23.7 Å². The Morgan fingerprint density at radius 1 is 1.69 bits per heavy atom. The van der Waals surface area contributed by atoms with E-state index in [2.05, 4.69) is 5.32 Å². The molecule has 0 saturated carbocycles. The van der Waals surface area contributed by atoms with Crippen molar-refractivity contribution < 1.29 is 13.9 Å². The molecule has 0 saturated heterocycles. The number of furan rings is 1. The van der Waals surface area contributed by atoms with Gasteiger partial charge in [0.1, 0.15) is 11.3 Å². The van der Waals surface area contributed by atoms with Crippen LogP contribution in [0.1, 0.15) is 23.0 Å². The minimum atomic E-state index is -0.332. The summed E-state index contributed by atoms with van der Waals surface area (Å²) < 4.78 is 9.96. The van der Waals surface area contributed by atoms with Crippen molar-refractivity contribution >= 4 is 5.97 Å². The molecule has 4 heteroatoms. The van der Waals surface area contributed by atoms with Gasteiger partial charge in [0.15, 0.2) is 0 Å². The highest BCUT2D eigenvalue weighted by molar-refractivity contribution is 5.90. The molecule has 0 amide bonds. The smallest absolute Gasteiger partial charge is 0.341 e. The van der Waals surface area contributed by atoms with Crippen LogP contribution in [0.25, 0.3) is 0 Å². The van der Waals surface area contributed by atoms with Gasteiger partial charge < -0.3 is 14.5 Å². The topological polar surface area (TPSA) is 51.5 Å². The third-order valence-electron chi connectivity index (χ3n) is 1.58. The second-order valence-corrected chi connectivity index (χ2v) is 2.51. The van der Waals surface area contributed by atoms with Crippen LogP contribution in [0.15, 0.2) is 16.7 Å². The molecule has 0 aliphatic heterocycles. The van der Waals surface area contributed by atoms with Gasteiger partial charge in [0.05, 0.1) is 19.4 Å². The molecular weight excluding hydrogens is 170 g/mol. The fraction of sp³-hybridized carbons (Fsp3) is 0.444. The van der Waals surface area contributed by atoms with E-state index in [1.165, 1.54) is 6.26 Å². The maximum absolute atomic E-state index is 11.3. The predicted molar refractivity (Wildman–Crippen MR) is 47.4 cm³/mol. The summed E-state index contributed by atoms with van der Waals surface area (Å²) in [5, 5.41) is 2.91. The second kappa shape index (κ2) is 4.67. The summed E-state index contributed by atoms with van der Waals surface area (Å²) in [5.74, 6) is 0.280. The Balaban J connectivity index is 2.74. The van der Waals surface area contributed by atoms with E-state index in [0.717, 1.165) is 0 Å². The Morgan fingerprint density at radius 2 is 2.46 bits per heavy atom. The second-order valence-electron chi connectivity index (χ2n) is 2.51. The highest BCUT2D eigenvalue weighted by Gasteiger charge is 2.14. The Bertz CT molecular complexity index is 280. The van der Waals surface area contributed by atoms with Crippen LogP contribution >= 0.6 is 0 Å². The average Bonchev–Trinajstić information content (AvgIpc) is 2.54. The highest BCUT2D eigenvalue weighted by atomic mass is 16.5. The molecule has 0 aromatic carbocycles. The number of carbonyl (C=O) groups excluding carboxylic acids is 1. The number of ether oxygens (including phenoxy) is 1. The van der Waals surface area contributed by atoms with Crippen molar-refractivity contribution in [1.29, 1.82) is 0 Å². The molecule has 0 aliphatic carbocycles. The van der Waals surface area contributed by atoms with Crippen molar-refractivity contribution in [1.82, 2.24) is 5.32 Å². The molecule has 72 valence electrons. The van der Waals surface area contributed by atoms with Crippen molar-refractivity contribution in [2.24, 2.45) is 0 Å². The van der Waals surface area contributed by atoms with Gasteiger partial charge in [-0.05, 0) is 20.0 Å². The zero-order chi connectivity index (χ0) is 9.68. The lowest BCUT2D eigenvalue weighted by molar-refractivity contribution is 0.0523. The highest BCUT2D eigenvalue weighted by Crippen LogP contribution is 2.11. The van der Waals surface area contributed by atoms with Crippen LogP contribution in [0.4, 0.5) is 0 Å². The van der Waals surface area contributed by atoms with Crippen LogP contribution in [0, 0.1) is 0 Å². The maximum atomic E-state index is 11.3. The normalized spacial score (nSPS) is 10.0. The summed E-state index contributed by atoms with van der Waals surface area (Å²) in [4.78, 5) is 11.3. The van der Waals surface area contributed by atoms with Crippen LogP contribution in [-0.2, 0) is 11.3 Å². The van der Waals surface area contributed by atoms with Crippen LogP contribution in [-0.4, -0.2) is 19.6 Å². The van der Waals surface area contributed by atoms with Crippen molar-refractivity contribution in [2.45, 2.75) is 13.5 Å². The maximum Gasteiger partial charge on any atom is 0.341 e. The lowest BCUT2D eigenvalue weighted by Crippen LogP contribution is -2.11. The Kier molecular flexibility index (Phi) is 3.52. The number of esters is 1. The standard InChI is InChI=1S/C9H13NO3/c1-3-12-9(11)7-4-5-13-8(7)6-10-2/h4-5,10H,3,6H2,1-2H3. The van der Waals surface area contributed by atoms with Gasteiger partial charge in [-0.1, -0.05) is 0 Å². The first-order valence-corrected chi connectivity index (χ1v) is 4.17. The quantitative estimate of drug-likeness (QED) is 0.712. The largest absolute Gasteiger partial charge is 0.467 e. The van der Waals surface area contributed by atoms with Gasteiger partial charge in [-0.2, -0.15) is 0 Å². The van der Waals surface area contributed by atoms with Gasteiger partial charge in [0.2, 0.25) is 0 Å². The van der Waals surface area contributed by atoms with Gasteiger partial charge >= 0.3 is 5.97 Å². The van der Waals surface area contributed by atoms with Crippen molar-refractivity contribution in [3.8, 4) is 0 Å². The number of carbonyl (C=O) groups is 1. The van der Waals surface area contributed by atoms with Crippen LogP contribution in [0.5, 0.6) is 0 Å². The molecule has 1 aromatic rings. The van der Waals surface area contributed by atoms with E-state index in [1.54, 1.807) is 20.0 Å². The SMILES string of the molecule is CCOC(=O)c1ccoc1CNC. The van der Waals surface area contributed by atoms with Crippen molar-refractivity contribution in [2.75, 3.05) is 13.7 Å². The van der Waals surface area contributed by atoms with Gasteiger partial charge in [0.25, 0.3) is 0 Å². The molecule has 0 aliphatic rings. The summed E-state index contributed by atoms with van der Waals surface area (Å²) in [6, 6.07) is 1.62. The Morgan fingerprint density at radius 3 is 3.08 bits per heavy atom. The minimum Gasteiger partial charge on any atom is -0.467 e. The Labute approximate surface area is 76.9 Å². The third-order valence-corrected chi connectivity index (χ3v) is 1.58. The zero-order valence-corrected chi connectivity index (χ0v) is 7.79. The van der Waals surface area contributed by atoms with Gasteiger partial charge in [-0.3, -0.25) is 0 Å². The van der Waals surface area contributed by atoms with E-state index in [4.69, 9.17) is 9.15 Å². The molecule has 0 fully saturated rings. The molecule has 1 N–H and O–H groups in total. The van der Waals surface area contributed by atoms with Gasteiger partial charge in [0, 0.05) is 0 Å². The summed E-state index contributed by atoms with van der Waals surface area (Å²) in [7, 11) is 1.79. The molecule has 1 aromatic heterocycles. The molecule has 1 rings (SSSR count). The van der Waals surface area contributed by atoms with Crippen LogP contribution < -0.4 is 5.32 Å². The molecule has 0 spiro atoms. The fourth-order valence-electron chi connectivity index (χ4n) is 1.03. The van der Waals surface area contributed by atoms with E-state index < -0.39 is 0 Å². The molecule has 0 bridgehead atoms. The van der Waals surface area contributed by atoms with Gasteiger partial charge in [-0.25, -0.2) is 4.79 Å². The monoisotopic (exact) mass is 183 g/mol. The first-order valence-electron chi connectivity index (χ1n) is 4.17. The van der Waals surface area contributed by atoms with E-state index in [1.807, 2.05) is 0 Å². The van der Waals surface area contributed by atoms with Gasteiger partial charge in [-0.15, -0.1) is 0 Å². The van der Waals surface area contributed by atoms with E-state index >= 15 is 0 Å². The van der Waals surface area contributed by atoms with E-state index in [-0.39, 0.29) is 5.97 Å². The fourth-order valence-corrected chi connectivity index (χ4v) is 1.03. The average molecular weight is 183 g/mol. The summed E-state index contributed by atoms with van der Waals surface area (Å²) in [6.45, 7) is 2.68. The number of nitrogens with one attached hydrogen (secondary N) is 1. The molecule has 0 unspecified atom stereocenters. The summed E-state index contributed by atoms with van der Waals surface area (Å²) >= 11 is 0. The Hall–Kier alpha value is -1.29. The van der Waals surface area contributed by atoms with E-state index in [0.29, 0.717) is 24.5 Å². The van der Waals surface area contributed by atoms with E-state index in [9.17, 15) is 4.79 Å². The first-order chi connectivity index (χ1) is 6.29. The third kappa shape index (κ3) is 2.32. The molecule has 13 heavy (non-hydrogen) atoms. The molecule has 0 atom stereocenters. The molecule has 4 nitrogen and oxygen atoms in total. The predicted octanol–water partition coefficient (Wildman–Crippen LogP) is 1.18. The lowest BCUT2D eigenvalue weighted by atomic mass is 10.2. The zero-order valence-electron chi connectivity index (χ0n) is 7.79. The number of hydrogen-bond donors (Lipinski definition) is 1. The summed E-state index contributed by atoms with van der Waals surface area (Å²) in [6.07, 6.45) is 1.49. The molecule has 1 heterocycles. The molecular formula is C9H13NO3. The molecule has 0 radical (unpaired) electrons. The number of hydrogen-bond acceptors (Lipinski definition) is 4. The lowest BCUT2D eigenvalue weighted by Gasteiger charge is -2.01. The first kappa shape index (κ1) is 9.80. The summed E-state index contributed by atoms with van der Waals surface area (Å²) in [5.41, 5.74) is 0.496. The van der Waals surface area contributed by atoms with Crippen LogP contribution in [0.3, 0.4) is 0 Å². The number of rotatable bonds is 4. The van der Waals surface area contributed by atoms with Crippen molar-refractivity contribution in [3.63, 3.8) is 0 Å².